The Morgan fingerprint density at radius 1 is 1.14 bits per heavy atom. The molecule has 0 aliphatic rings. The van der Waals surface area contributed by atoms with Gasteiger partial charge in [0.15, 0.2) is 0 Å². The fraction of sp³-hybridized carbons (Fsp3) is 0.429. The van der Waals surface area contributed by atoms with Crippen LogP contribution in [0.25, 0.3) is 0 Å². The second-order valence-corrected chi connectivity index (χ2v) is 2.31. The molecule has 0 heteroatoms. The molecule has 0 nitrogen and oxygen atoms in total. The number of hydrogen-bond donors (Lipinski definition) is 0. The van der Waals surface area contributed by atoms with Gasteiger partial charge < -0.3 is 0 Å². The van der Waals surface area contributed by atoms with Gasteiger partial charge in [-0.05, 0) is 12.5 Å². The summed E-state index contributed by atoms with van der Waals surface area (Å²) in [5.41, 5.74) is 1.09. The predicted molar refractivity (Wildman–Crippen MR) is 70.6 cm³/mol. The molecule has 0 aromatic rings. The summed E-state index contributed by atoms with van der Waals surface area (Å²) >= 11 is 0. The minimum Gasteiger partial charge on any atom is -0.0990 e. The maximum absolute atomic E-state index is 3.63. The lowest BCUT2D eigenvalue weighted by atomic mass is 10.2. The largest absolute Gasteiger partial charge is 0.0990 e. The zero-order chi connectivity index (χ0) is 11.8. The van der Waals surface area contributed by atoms with Gasteiger partial charge in [-0.15, -0.1) is 0 Å². The smallest absolute Gasteiger partial charge is 0.0266 e. The highest BCUT2D eigenvalue weighted by molar-refractivity contribution is 5.31. The summed E-state index contributed by atoms with van der Waals surface area (Å²) in [5.74, 6) is 0. The maximum atomic E-state index is 3.63. The molecule has 0 spiro atoms. The number of rotatable bonds is 3. The van der Waals surface area contributed by atoms with E-state index >= 15 is 0 Å². The van der Waals surface area contributed by atoms with Crippen LogP contribution >= 0.6 is 0 Å². The Bertz CT molecular complexity index is 159. The van der Waals surface area contributed by atoms with Crippen LogP contribution in [0, 0.1) is 0 Å². The van der Waals surface area contributed by atoms with Crippen molar-refractivity contribution in [3.05, 3.63) is 49.1 Å². The summed E-state index contributed by atoms with van der Waals surface area (Å²) in [7, 11) is 0. The summed E-state index contributed by atoms with van der Waals surface area (Å²) in [4.78, 5) is 0. The van der Waals surface area contributed by atoms with Gasteiger partial charge in [0.25, 0.3) is 0 Å². The average Bonchev–Trinajstić information content (AvgIpc) is 2.22. The van der Waals surface area contributed by atoms with Crippen molar-refractivity contribution >= 4 is 0 Å². The molecule has 0 fully saturated rings. The summed E-state index contributed by atoms with van der Waals surface area (Å²) in [6.45, 7) is 17.4. The van der Waals surface area contributed by atoms with E-state index in [0.717, 1.165) is 5.57 Å². The van der Waals surface area contributed by atoms with Crippen LogP contribution in [0.4, 0.5) is 0 Å². The first kappa shape index (κ1) is 18.7. The Labute approximate surface area is 90.7 Å². The molecule has 0 saturated heterocycles. The van der Waals surface area contributed by atoms with Crippen molar-refractivity contribution in [2.75, 3.05) is 0 Å². The van der Waals surface area contributed by atoms with Gasteiger partial charge in [0.2, 0.25) is 0 Å². The zero-order valence-corrected chi connectivity index (χ0v) is 10.5. The fourth-order valence-corrected chi connectivity index (χ4v) is 0.520. The van der Waals surface area contributed by atoms with Gasteiger partial charge in [-0.1, -0.05) is 77.7 Å². The molecule has 0 radical (unpaired) electrons. The molecular weight excluding hydrogens is 168 g/mol. The fourth-order valence-electron chi connectivity index (χ4n) is 0.520. The average molecular weight is 194 g/mol. The predicted octanol–water partition coefficient (Wildman–Crippen LogP) is 5.30. The Morgan fingerprint density at radius 2 is 1.57 bits per heavy atom. The van der Waals surface area contributed by atoms with E-state index < -0.39 is 0 Å². The van der Waals surface area contributed by atoms with Crippen molar-refractivity contribution in [3.8, 4) is 0 Å². The lowest BCUT2D eigenvalue weighted by molar-refractivity contribution is 1.09. The van der Waals surface area contributed by atoms with Gasteiger partial charge in [0.1, 0.15) is 0 Å². The molecule has 14 heavy (non-hydrogen) atoms. The van der Waals surface area contributed by atoms with E-state index in [0.29, 0.717) is 0 Å². The summed E-state index contributed by atoms with van der Waals surface area (Å²) in [6, 6.07) is 0. The van der Waals surface area contributed by atoms with Gasteiger partial charge in [-0.2, -0.15) is 0 Å². The standard InChI is InChI=1S/C9H12.C3H8.C2H6/c1-4-7-9(6-3)8-5-2;1-3-2;1-2/h4-8H,1,3H2,2H3;3H2,1-2H3;1-2H3/b8-5-,9-7-;;. The van der Waals surface area contributed by atoms with Gasteiger partial charge in [-0.3, -0.25) is 0 Å². The van der Waals surface area contributed by atoms with Crippen LogP contribution in [-0.2, 0) is 0 Å². The Kier molecular flexibility index (Phi) is 30.3. The first-order valence-corrected chi connectivity index (χ1v) is 5.34. The monoisotopic (exact) mass is 194 g/mol. The third kappa shape index (κ3) is 22.4. The highest BCUT2D eigenvalue weighted by Crippen LogP contribution is 1.96. The van der Waals surface area contributed by atoms with Crippen molar-refractivity contribution < 1.29 is 0 Å². The minimum atomic E-state index is 1.09. The first-order chi connectivity index (χ1) is 6.76. The molecule has 0 atom stereocenters. The highest BCUT2D eigenvalue weighted by Gasteiger charge is 1.76. The molecule has 0 saturated carbocycles. The van der Waals surface area contributed by atoms with E-state index in [-0.39, 0.29) is 0 Å². The molecule has 0 amide bonds. The van der Waals surface area contributed by atoms with E-state index in [2.05, 4.69) is 27.0 Å². The SMILES string of the molecule is C=C/C=C(C=C)\C=C/C.CC.CCC. The molecule has 0 unspecified atom stereocenters. The van der Waals surface area contributed by atoms with Crippen molar-refractivity contribution in [3.63, 3.8) is 0 Å². The van der Waals surface area contributed by atoms with Crippen LogP contribution in [0.5, 0.6) is 0 Å². The second-order valence-electron chi connectivity index (χ2n) is 2.31. The van der Waals surface area contributed by atoms with Gasteiger partial charge in [0, 0.05) is 0 Å². The van der Waals surface area contributed by atoms with Crippen LogP contribution in [0.2, 0.25) is 0 Å². The molecule has 82 valence electrons. The summed E-state index contributed by atoms with van der Waals surface area (Å²) < 4.78 is 0. The van der Waals surface area contributed by atoms with Gasteiger partial charge in [-0.25, -0.2) is 0 Å². The molecule has 0 aliphatic heterocycles. The first-order valence-electron chi connectivity index (χ1n) is 5.34. The molecule has 0 aliphatic carbocycles. The van der Waals surface area contributed by atoms with E-state index in [1.807, 2.05) is 39.0 Å². The lowest BCUT2D eigenvalue weighted by Gasteiger charge is -1.85. The molecular formula is C14H26. The van der Waals surface area contributed by atoms with Crippen LogP contribution in [0.3, 0.4) is 0 Å². The van der Waals surface area contributed by atoms with E-state index in [1.54, 1.807) is 12.2 Å². The topological polar surface area (TPSA) is 0 Å². The molecule has 0 aromatic carbocycles. The summed E-state index contributed by atoms with van der Waals surface area (Å²) in [6.07, 6.45) is 10.7. The molecule has 0 rings (SSSR count). The third-order valence-corrected chi connectivity index (χ3v) is 0.905. The summed E-state index contributed by atoms with van der Waals surface area (Å²) in [5, 5.41) is 0. The molecule has 0 bridgehead atoms. The van der Waals surface area contributed by atoms with Crippen molar-refractivity contribution in [1.82, 2.24) is 0 Å². The molecule has 0 N–H and O–H groups in total. The van der Waals surface area contributed by atoms with E-state index in [9.17, 15) is 0 Å². The Morgan fingerprint density at radius 3 is 1.79 bits per heavy atom. The molecule has 0 aromatic heterocycles. The van der Waals surface area contributed by atoms with Crippen LogP contribution < -0.4 is 0 Å². The number of allylic oxidation sites excluding steroid dienone is 6. The van der Waals surface area contributed by atoms with Crippen molar-refractivity contribution in [2.45, 2.75) is 41.0 Å². The minimum absolute atomic E-state index is 1.09. The Balaban J connectivity index is -0.000000205. The highest BCUT2D eigenvalue weighted by atomic mass is 13.8. The van der Waals surface area contributed by atoms with E-state index in [4.69, 9.17) is 0 Å². The van der Waals surface area contributed by atoms with Gasteiger partial charge in [0.05, 0.1) is 0 Å². The van der Waals surface area contributed by atoms with Crippen molar-refractivity contribution in [2.24, 2.45) is 0 Å². The van der Waals surface area contributed by atoms with Crippen LogP contribution in [0.1, 0.15) is 41.0 Å². The van der Waals surface area contributed by atoms with Crippen LogP contribution in [-0.4, -0.2) is 0 Å². The maximum Gasteiger partial charge on any atom is -0.0266 e. The zero-order valence-electron chi connectivity index (χ0n) is 10.5. The quantitative estimate of drug-likeness (QED) is 0.534. The van der Waals surface area contributed by atoms with Gasteiger partial charge >= 0.3 is 0 Å². The normalized spacial score (nSPS) is 9.36. The molecule has 0 heterocycles. The third-order valence-electron chi connectivity index (χ3n) is 0.905. The van der Waals surface area contributed by atoms with Crippen LogP contribution in [0.15, 0.2) is 49.1 Å². The lowest BCUT2D eigenvalue weighted by Crippen LogP contribution is -1.65. The van der Waals surface area contributed by atoms with E-state index in [1.165, 1.54) is 6.42 Å². The van der Waals surface area contributed by atoms with Crippen molar-refractivity contribution in [1.29, 1.82) is 0 Å². The Hall–Kier alpha value is -1.04. The second kappa shape index (κ2) is 22.7. The number of hydrogen-bond acceptors (Lipinski definition) is 0.